The lowest BCUT2D eigenvalue weighted by molar-refractivity contribution is 0.275. The molecule has 1 aromatic carbocycles. The van der Waals surface area contributed by atoms with Gasteiger partial charge in [0.15, 0.2) is 0 Å². The standard InChI is InChI=1S/C15H22FNO3S/c1-10-7-12(8-11(9-18)14(10)16)21(19,20)17-13-5-4-6-15(13,2)3/h7-8,13,17-18H,4-6,9H2,1-3H3. The van der Waals surface area contributed by atoms with Crippen LogP contribution in [0.5, 0.6) is 0 Å². The summed E-state index contributed by atoms with van der Waals surface area (Å²) in [6.07, 6.45) is 2.77. The molecule has 0 heterocycles. The van der Waals surface area contributed by atoms with Crippen molar-refractivity contribution in [3.05, 3.63) is 29.1 Å². The fourth-order valence-electron chi connectivity index (χ4n) is 2.88. The van der Waals surface area contributed by atoms with E-state index in [2.05, 4.69) is 4.72 Å². The first-order valence-electron chi connectivity index (χ1n) is 7.09. The molecule has 0 saturated heterocycles. The molecule has 1 unspecified atom stereocenters. The summed E-state index contributed by atoms with van der Waals surface area (Å²) in [4.78, 5) is 0.00755. The van der Waals surface area contributed by atoms with E-state index in [4.69, 9.17) is 5.11 Å². The number of sulfonamides is 1. The normalized spacial score (nSPS) is 21.7. The third-order valence-electron chi connectivity index (χ3n) is 4.34. The Kier molecular flexibility index (Phi) is 4.42. The number of aryl methyl sites for hydroxylation is 1. The average Bonchev–Trinajstić information content (AvgIpc) is 2.71. The van der Waals surface area contributed by atoms with Crippen molar-refractivity contribution in [2.24, 2.45) is 5.41 Å². The second-order valence-electron chi connectivity index (χ2n) is 6.43. The molecule has 118 valence electrons. The molecule has 6 heteroatoms. The van der Waals surface area contributed by atoms with E-state index >= 15 is 0 Å². The van der Waals surface area contributed by atoms with Gasteiger partial charge in [0.1, 0.15) is 5.82 Å². The molecule has 21 heavy (non-hydrogen) atoms. The van der Waals surface area contributed by atoms with Gasteiger partial charge in [-0.1, -0.05) is 20.3 Å². The molecule has 1 aliphatic rings. The van der Waals surface area contributed by atoms with E-state index in [9.17, 15) is 12.8 Å². The van der Waals surface area contributed by atoms with E-state index < -0.39 is 22.4 Å². The van der Waals surface area contributed by atoms with Gasteiger partial charge in [-0.05, 0) is 42.9 Å². The predicted molar refractivity (Wildman–Crippen MR) is 78.8 cm³/mol. The second-order valence-corrected chi connectivity index (χ2v) is 8.14. The summed E-state index contributed by atoms with van der Waals surface area (Å²) in [5.41, 5.74) is 0.135. The summed E-state index contributed by atoms with van der Waals surface area (Å²) in [7, 11) is -3.71. The molecular weight excluding hydrogens is 293 g/mol. The molecule has 1 aliphatic carbocycles. The smallest absolute Gasteiger partial charge is 0.240 e. The highest BCUT2D eigenvalue weighted by atomic mass is 32.2. The fourth-order valence-corrected chi connectivity index (χ4v) is 4.45. The Labute approximate surface area is 125 Å². The molecule has 1 aromatic rings. The monoisotopic (exact) mass is 315 g/mol. The molecule has 0 aliphatic heterocycles. The number of benzene rings is 1. The van der Waals surface area contributed by atoms with Crippen LogP contribution < -0.4 is 4.72 Å². The van der Waals surface area contributed by atoms with E-state index in [0.717, 1.165) is 19.3 Å². The van der Waals surface area contributed by atoms with Crippen LogP contribution >= 0.6 is 0 Å². The number of rotatable bonds is 4. The van der Waals surface area contributed by atoms with Crippen molar-refractivity contribution in [2.45, 2.75) is 57.6 Å². The van der Waals surface area contributed by atoms with E-state index in [1.807, 2.05) is 13.8 Å². The van der Waals surface area contributed by atoms with Crippen LogP contribution in [0.2, 0.25) is 0 Å². The minimum absolute atomic E-state index is 0.000979. The molecule has 2 rings (SSSR count). The Balaban J connectivity index is 2.34. The highest BCUT2D eigenvalue weighted by molar-refractivity contribution is 7.89. The second kappa shape index (κ2) is 5.66. The molecule has 4 nitrogen and oxygen atoms in total. The van der Waals surface area contributed by atoms with Gasteiger partial charge in [-0.25, -0.2) is 17.5 Å². The summed E-state index contributed by atoms with van der Waals surface area (Å²) in [5.74, 6) is -0.558. The van der Waals surface area contributed by atoms with Crippen molar-refractivity contribution in [1.82, 2.24) is 4.72 Å². The maximum absolute atomic E-state index is 13.7. The molecular formula is C15H22FNO3S. The van der Waals surface area contributed by atoms with Crippen LogP contribution in [0, 0.1) is 18.2 Å². The summed E-state index contributed by atoms with van der Waals surface area (Å²) in [5, 5.41) is 9.15. The minimum Gasteiger partial charge on any atom is -0.392 e. The quantitative estimate of drug-likeness (QED) is 0.897. The van der Waals surface area contributed by atoms with Gasteiger partial charge in [0.05, 0.1) is 11.5 Å². The molecule has 0 amide bonds. The van der Waals surface area contributed by atoms with Crippen molar-refractivity contribution in [2.75, 3.05) is 0 Å². The van der Waals surface area contributed by atoms with Crippen LogP contribution in [-0.4, -0.2) is 19.6 Å². The van der Waals surface area contributed by atoms with Crippen LogP contribution in [0.15, 0.2) is 17.0 Å². The molecule has 0 spiro atoms. The van der Waals surface area contributed by atoms with E-state index in [0.29, 0.717) is 0 Å². The van der Waals surface area contributed by atoms with Crippen LogP contribution in [0.3, 0.4) is 0 Å². The van der Waals surface area contributed by atoms with Crippen molar-refractivity contribution in [1.29, 1.82) is 0 Å². The van der Waals surface area contributed by atoms with Crippen LogP contribution in [0.1, 0.15) is 44.2 Å². The van der Waals surface area contributed by atoms with Gasteiger partial charge in [-0.3, -0.25) is 0 Å². The SMILES string of the molecule is Cc1cc(S(=O)(=O)NC2CCCC2(C)C)cc(CO)c1F. The minimum atomic E-state index is -3.71. The molecule has 0 aromatic heterocycles. The molecule has 2 N–H and O–H groups in total. The summed E-state index contributed by atoms with van der Waals surface area (Å²) < 4.78 is 41.4. The summed E-state index contributed by atoms with van der Waals surface area (Å²) >= 11 is 0. The number of aliphatic hydroxyl groups excluding tert-OH is 1. The van der Waals surface area contributed by atoms with Crippen molar-refractivity contribution in [3.63, 3.8) is 0 Å². The zero-order chi connectivity index (χ0) is 15.8. The van der Waals surface area contributed by atoms with Gasteiger partial charge in [0.2, 0.25) is 10.0 Å². The highest BCUT2D eigenvalue weighted by Gasteiger charge is 2.37. The topological polar surface area (TPSA) is 66.4 Å². The van der Waals surface area contributed by atoms with E-state index in [1.165, 1.54) is 19.1 Å². The van der Waals surface area contributed by atoms with Gasteiger partial charge in [0.25, 0.3) is 0 Å². The Morgan fingerprint density at radius 3 is 2.62 bits per heavy atom. The Bertz CT molecular complexity index is 641. The van der Waals surface area contributed by atoms with Crippen LogP contribution in [0.4, 0.5) is 4.39 Å². The van der Waals surface area contributed by atoms with Crippen molar-refractivity contribution < 1.29 is 17.9 Å². The van der Waals surface area contributed by atoms with Gasteiger partial charge >= 0.3 is 0 Å². The largest absolute Gasteiger partial charge is 0.392 e. The molecule has 1 fully saturated rings. The molecule has 0 radical (unpaired) electrons. The molecule has 1 saturated carbocycles. The maximum Gasteiger partial charge on any atom is 0.240 e. The summed E-state index contributed by atoms with van der Waals surface area (Å²) in [6.45, 7) is 5.06. The Morgan fingerprint density at radius 2 is 2.10 bits per heavy atom. The van der Waals surface area contributed by atoms with E-state index in [-0.39, 0.29) is 27.5 Å². The molecule has 0 bridgehead atoms. The predicted octanol–water partition coefficient (Wildman–Crippen LogP) is 2.48. The fraction of sp³-hybridized carbons (Fsp3) is 0.600. The van der Waals surface area contributed by atoms with Gasteiger partial charge in [-0.15, -0.1) is 0 Å². The first-order chi connectivity index (χ1) is 9.67. The van der Waals surface area contributed by atoms with Gasteiger partial charge in [0, 0.05) is 11.6 Å². The van der Waals surface area contributed by atoms with Gasteiger partial charge < -0.3 is 5.11 Å². The maximum atomic E-state index is 13.7. The number of nitrogens with one attached hydrogen (secondary N) is 1. The van der Waals surface area contributed by atoms with Crippen LogP contribution in [-0.2, 0) is 16.6 Å². The lowest BCUT2D eigenvalue weighted by Gasteiger charge is -2.27. The lowest BCUT2D eigenvalue weighted by atomic mass is 9.88. The first kappa shape index (κ1) is 16.4. The van der Waals surface area contributed by atoms with Crippen molar-refractivity contribution >= 4 is 10.0 Å². The highest BCUT2D eigenvalue weighted by Crippen LogP contribution is 2.38. The Hall–Kier alpha value is -0.980. The lowest BCUT2D eigenvalue weighted by Crippen LogP contribution is -2.41. The summed E-state index contributed by atoms with van der Waals surface area (Å²) in [6, 6.07) is 2.39. The third-order valence-corrected chi connectivity index (χ3v) is 5.79. The Morgan fingerprint density at radius 1 is 1.43 bits per heavy atom. The third kappa shape index (κ3) is 3.27. The van der Waals surface area contributed by atoms with Gasteiger partial charge in [-0.2, -0.15) is 0 Å². The first-order valence-corrected chi connectivity index (χ1v) is 8.58. The molecule has 1 atom stereocenters. The number of halogens is 1. The van der Waals surface area contributed by atoms with Crippen molar-refractivity contribution in [3.8, 4) is 0 Å². The zero-order valence-electron chi connectivity index (χ0n) is 12.6. The number of hydrogen-bond donors (Lipinski definition) is 2. The zero-order valence-corrected chi connectivity index (χ0v) is 13.4. The number of hydrogen-bond acceptors (Lipinski definition) is 3. The van der Waals surface area contributed by atoms with Crippen LogP contribution in [0.25, 0.3) is 0 Å². The van der Waals surface area contributed by atoms with E-state index in [1.54, 1.807) is 0 Å². The average molecular weight is 315 g/mol. The number of aliphatic hydroxyl groups is 1.